The van der Waals surface area contributed by atoms with Crippen LogP contribution in [0.15, 0.2) is 29.2 Å². The van der Waals surface area contributed by atoms with Crippen LogP contribution in [0.3, 0.4) is 0 Å². The number of hydrogen-bond acceptors (Lipinski definition) is 4. The van der Waals surface area contributed by atoms with E-state index in [0.717, 1.165) is 10.6 Å². The highest BCUT2D eigenvalue weighted by Gasteiger charge is 2.41. The molecule has 0 bridgehead atoms. The van der Waals surface area contributed by atoms with Crippen molar-refractivity contribution in [3.8, 4) is 5.75 Å². The van der Waals surface area contributed by atoms with Crippen molar-refractivity contribution in [1.82, 2.24) is 9.80 Å². The molecule has 1 aliphatic rings. The van der Waals surface area contributed by atoms with Gasteiger partial charge in [0.05, 0.1) is 17.9 Å². The number of methoxy groups -OCH3 is 1. The van der Waals surface area contributed by atoms with Gasteiger partial charge in [0.25, 0.3) is 0 Å². The molecule has 6 heteroatoms. The minimum Gasteiger partial charge on any atom is -0.497 e. The zero-order chi connectivity index (χ0) is 20.4. The van der Waals surface area contributed by atoms with Crippen LogP contribution >= 0.6 is 11.8 Å². The molecule has 1 fully saturated rings. The molecule has 0 aliphatic carbocycles. The summed E-state index contributed by atoms with van der Waals surface area (Å²) in [7, 11) is 1.64. The van der Waals surface area contributed by atoms with Crippen molar-refractivity contribution in [2.75, 3.05) is 26.7 Å². The van der Waals surface area contributed by atoms with Gasteiger partial charge in [-0.25, -0.2) is 0 Å². The lowest BCUT2D eigenvalue weighted by Crippen LogP contribution is -2.64. The van der Waals surface area contributed by atoms with Gasteiger partial charge in [-0.2, -0.15) is 0 Å². The van der Waals surface area contributed by atoms with Crippen LogP contribution in [0.1, 0.15) is 41.5 Å². The second kappa shape index (κ2) is 8.13. The molecule has 1 heterocycles. The molecule has 1 atom stereocenters. The standard InChI is InChI=1S/C21H32N2O3S/c1-15(27-17-10-8-16(26-7)9-11-17)18(24)23-13-12-22(14-21(23,5)6)19(25)20(2,3)4/h8-11,15H,12-14H2,1-7H3/t15-/m1/s1. The van der Waals surface area contributed by atoms with Crippen molar-refractivity contribution < 1.29 is 14.3 Å². The first-order valence-corrected chi connectivity index (χ1v) is 10.3. The van der Waals surface area contributed by atoms with Crippen LogP contribution < -0.4 is 4.74 Å². The third-order valence-electron chi connectivity index (χ3n) is 4.82. The number of carbonyl (C=O) groups is 2. The summed E-state index contributed by atoms with van der Waals surface area (Å²) in [4.78, 5) is 30.6. The molecular formula is C21H32N2O3S. The predicted molar refractivity (Wildman–Crippen MR) is 110 cm³/mol. The van der Waals surface area contributed by atoms with E-state index in [4.69, 9.17) is 4.74 Å². The minimum atomic E-state index is -0.403. The molecule has 1 aliphatic heterocycles. The Hall–Kier alpha value is -1.69. The summed E-state index contributed by atoms with van der Waals surface area (Å²) in [5.41, 5.74) is -0.787. The number of rotatable bonds is 4. The molecule has 0 N–H and O–H groups in total. The number of thioether (sulfide) groups is 1. The Labute approximate surface area is 167 Å². The number of benzene rings is 1. The van der Waals surface area contributed by atoms with E-state index in [2.05, 4.69) is 0 Å². The highest BCUT2D eigenvalue weighted by Crippen LogP contribution is 2.31. The Kier molecular flexibility index (Phi) is 6.51. The molecule has 0 spiro atoms. The van der Waals surface area contributed by atoms with Gasteiger partial charge in [-0.15, -0.1) is 11.8 Å². The lowest BCUT2D eigenvalue weighted by Gasteiger charge is -2.49. The molecule has 1 aromatic carbocycles. The number of hydrogen-bond donors (Lipinski definition) is 0. The first kappa shape index (κ1) is 21.6. The maximum atomic E-state index is 13.1. The van der Waals surface area contributed by atoms with Gasteiger partial charge >= 0.3 is 0 Å². The normalized spacial score (nSPS) is 18.2. The summed E-state index contributed by atoms with van der Waals surface area (Å²) >= 11 is 1.55. The van der Waals surface area contributed by atoms with E-state index in [-0.39, 0.29) is 22.6 Å². The van der Waals surface area contributed by atoms with E-state index < -0.39 is 5.41 Å². The third-order valence-corrected chi connectivity index (χ3v) is 5.92. The van der Waals surface area contributed by atoms with E-state index in [1.165, 1.54) is 0 Å². The Balaban J connectivity index is 2.04. The summed E-state index contributed by atoms with van der Waals surface area (Å²) in [5.74, 6) is 1.06. The number of nitrogens with zero attached hydrogens (tertiary/aromatic N) is 2. The van der Waals surface area contributed by atoms with Gasteiger partial charge in [0.2, 0.25) is 11.8 Å². The van der Waals surface area contributed by atoms with Crippen LogP contribution in [-0.2, 0) is 9.59 Å². The van der Waals surface area contributed by atoms with E-state index in [1.807, 2.05) is 75.6 Å². The highest BCUT2D eigenvalue weighted by molar-refractivity contribution is 8.00. The lowest BCUT2D eigenvalue weighted by molar-refractivity contribution is -0.151. The van der Waals surface area contributed by atoms with Crippen molar-refractivity contribution in [2.24, 2.45) is 5.41 Å². The largest absolute Gasteiger partial charge is 0.497 e. The van der Waals surface area contributed by atoms with Crippen LogP contribution in [0.2, 0.25) is 0 Å². The summed E-state index contributed by atoms with van der Waals surface area (Å²) in [6.45, 7) is 13.6. The SMILES string of the molecule is COc1ccc(S[C@H](C)C(=O)N2CCN(C(=O)C(C)(C)C)CC2(C)C)cc1. The molecule has 0 unspecified atom stereocenters. The molecule has 2 amide bonds. The van der Waals surface area contributed by atoms with E-state index >= 15 is 0 Å². The summed E-state index contributed by atoms with van der Waals surface area (Å²) in [6.07, 6.45) is 0. The molecule has 2 rings (SSSR count). The fourth-order valence-corrected chi connectivity index (χ4v) is 4.27. The zero-order valence-electron chi connectivity index (χ0n) is 17.5. The van der Waals surface area contributed by atoms with Gasteiger partial charge in [0, 0.05) is 29.9 Å². The predicted octanol–water partition coefficient (Wildman–Crippen LogP) is 3.67. The van der Waals surface area contributed by atoms with Gasteiger partial charge in [-0.3, -0.25) is 9.59 Å². The number of ether oxygens (including phenoxy) is 1. The fraction of sp³-hybridized carbons (Fsp3) is 0.619. The summed E-state index contributed by atoms with van der Waals surface area (Å²) < 4.78 is 5.18. The quantitative estimate of drug-likeness (QED) is 0.734. The topological polar surface area (TPSA) is 49.9 Å². The van der Waals surface area contributed by atoms with Gasteiger partial charge in [0.1, 0.15) is 5.75 Å². The Bertz CT molecular complexity index is 680. The average molecular weight is 393 g/mol. The van der Waals surface area contributed by atoms with E-state index in [0.29, 0.717) is 19.6 Å². The zero-order valence-corrected chi connectivity index (χ0v) is 18.4. The van der Waals surface area contributed by atoms with E-state index in [9.17, 15) is 9.59 Å². The molecule has 150 valence electrons. The number of amides is 2. The maximum absolute atomic E-state index is 13.1. The van der Waals surface area contributed by atoms with Crippen molar-refractivity contribution in [1.29, 1.82) is 0 Å². The molecule has 1 saturated heterocycles. The van der Waals surface area contributed by atoms with Gasteiger partial charge in [0.15, 0.2) is 0 Å². The smallest absolute Gasteiger partial charge is 0.236 e. The van der Waals surface area contributed by atoms with Crippen molar-refractivity contribution in [2.45, 2.75) is 57.2 Å². The number of carbonyl (C=O) groups excluding carboxylic acids is 2. The van der Waals surface area contributed by atoms with Crippen LogP contribution in [0.25, 0.3) is 0 Å². The Morgan fingerprint density at radius 1 is 1.15 bits per heavy atom. The van der Waals surface area contributed by atoms with Crippen LogP contribution in [-0.4, -0.2) is 59.1 Å². The first-order valence-electron chi connectivity index (χ1n) is 9.37. The minimum absolute atomic E-state index is 0.115. The fourth-order valence-electron chi connectivity index (χ4n) is 3.34. The van der Waals surface area contributed by atoms with Gasteiger partial charge in [-0.05, 0) is 45.0 Å². The molecule has 0 saturated carbocycles. The Morgan fingerprint density at radius 2 is 1.74 bits per heavy atom. The molecule has 27 heavy (non-hydrogen) atoms. The van der Waals surface area contributed by atoms with Crippen LogP contribution in [0.5, 0.6) is 5.75 Å². The first-order chi connectivity index (χ1) is 12.5. The molecule has 1 aromatic rings. The molecule has 0 radical (unpaired) electrons. The Morgan fingerprint density at radius 3 is 2.22 bits per heavy atom. The van der Waals surface area contributed by atoms with Crippen LogP contribution in [0.4, 0.5) is 0 Å². The van der Waals surface area contributed by atoms with Crippen molar-refractivity contribution in [3.05, 3.63) is 24.3 Å². The highest BCUT2D eigenvalue weighted by atomic mass is 32.2. The second-order valence-electron chi connectivity index (χ2n) is 8.71. The van der Waals surface area contributed by atoms with Gasteiger partial charge in [-0.1, -0.05) is 20.8 Å². The maximum Gasteiger partial charge on any atom is 0.236 e. The van der Waals surface area contributed by atoms with Crippen molar-refractivity contribution >= 4 is 23.6 Å². The average Bonchev–Trinajstić information content (AvgIpc) is 2.59. The molecule has 0 aromatic heterocycles. The number of piperazine rings is 1. The van der Waals surface area contributed by atoms with Crippen molar-refractivity contribution in [3.63, 3.8) is 0 Å². The second-order valence-corrected chi connectivity index (χ2v) is 10.1. The van der Waals surface area contributed by atoms with Crippen LogP contribution in [0, 0.1) is 5.41 Å². The lowest BCUT2D eigenvalue weighted by atomic mass is 9.91. The summed E-state index contributed by atoms with van der Waals surface area (Å²) in [6, 6.07) is 7.75. The molecular weight excluding hydrogens is 360 g/mol. The van der Waals surface area contributed by atoms with E-state index in [1.54, 1.807) is 18.9 Å². The third kappa shape index (κ3) is 5.18. The van der Waals surface area contributed by atoms with Gasteiger partial charge < -0.3 is 14.5 Å². The molecule has 5 nitrogen and oxygen atoms in total. The monoisotopic (exact) mass is 392 g/mol. The summed E-state index contributed by atoms with van der Waals surface area (Å²) in [5, 5.41) is -0.192.